The number of rotatable bonds is 1. The van der Waals surface area contributed by atoms with Gasteiger partial charge in [-0.3, -0.25) is 6.08 Å². The molecule has 0 aromatic heterocycles. The number of fused-ring (bicyclic) bond motifs is 3. The molecule has 2 aromatic carbocycles. The number of allylic oxidation sites excluding steroid dienone is 4. The third-order valence-corrected chi connectivity index (χ3v) is 10.6. The van der Waals surface area contributed by atoms with Crippen molar-refractivity contribution in [3.63, 3.8) is 0 Å². The van der Waals surface area contributed by atoms with Crippen molar-refractivity contribution in [2.24, 2.45) is 28.6 Å². The van der Waals surface area contributed by atoms with Crippen LogP contribution in [0.25, 0.3) is 11.1 Å². The van der Waals surface area contributed by atoms with Crippen molar-refractivity contribution in [2.45, 2.75) is 118 Å². The predicted octanol–water partition coefficient (Wildman–Crippen LogP) is 4.54. The first-order chi connectivity index (χ1) is 19.1. The monoisotopic (exact) mass is 692 g/mol. The molecule has 2 aromatic rings. The van der Waals surface area contributed by atoms with E-state index in [2.05, 4.69) is 123 Å². The molecule has 0 amide bonds. The Hall–Kier alpha value is -0.747. The van der Waals surface area contributed by atoms with Gasteiger partial charge in [-0.05, 0) is 79.1 Å². The third-order valence-electron chi connectivity index (χ3n) is 10.6. The Kier molecular flexibility index (Phi) is 11.6. The van der Waals surface area contributed by atoms with Crippen molar-refractivity contribution >= 4 is 3.21 Å². The Labute approximate surface area is 291 Å². The van der Waals surface area contributed by atoms with Gasteiger partial charge in [-0.1, -0.05) is 88.6 Å². The Bertz CT molecular complexity index is 1250. The summed E-state index contributed by atoms with van der Waals surface area (Å²) in [5.41, 5.74) is 9.71. The summed E-state index contributed by atoms with van der Waals surface area (Å²) in [7, 11) is 0. The van der Waals surface area contributed by atoms with Gasteiger partial charge >= 0.3 is 41.3 Å². The van der Waals surface area contributed by atoms with E-state index in [0.717, 1.165) is 24.2 Å². The maximum atomic E-state index is 3.53. The van der Waals surface area contributed by atoms with Crippen LogP contribution in [0.15, 0.2) is 48.6 Å². The van der Waals surface area contributed by atoms with Gasteiger partial charge in [0.05, 0.1) is 0 Å². The number of benzene rings is 2. The van der Waals surface area contributed by atoms with Crippen molar-refractivity contribution in [1.82, 2.24) is 0 Å². The predicted molar refractivity (Wildman–Crippen MR) is 173 cm³/mol. The van der Waals surface area contributed by atoms with Gasteiger partial charge in [0.1, 0.15) is 0 Å². The zero-order chi connectivity index (χ0) is 29.8. The summed E-state index contributed by atoms with van der Waals surface area (Å²) in [6.07, 6.45) is 20.4. The van der Waals surface area contributed by atoms with Crippen molar-refractivity contribution < 1.29 is 49.0 Å². The van der Waals surface area contributed by atoms with E-state index in [1.54, 1.807) is 43.5 Å². The molecule has 0 heterocycles. The summed E-state index contributed by atoms with van der Waals surface area (Å²) >= 11 is 1.55. The topological polar surface area (TPSA) is 0 Å². The molecule has 232 valence electrons. The fraction of sp³-hybridized carbons (Fsp3) is 0.575. The van der Waals surface area contributed by atoms with Crippen LogP contribution < -0.4 is 24.8 Å². The van der Waals surface area contributed by atoms with Gasteiger partial charge in [-0.2, -0.15) is 35.4 Å². The molecule has 0 spiro atoms. The van der Waals surface area contributed by atoms with Crippen LogP contribution in [-0.2, 0) is 41.5 Å². The van der Waals surface area contributed by atoms with Crippen LogP contribution in [0.3, 0.4) is 0 Å². The van der Waals surface area contributed by atoms with Gasteiger partial charge in [0.15, 0.2) is 0 Å². The summed E-state index contributed by atoms with van der Waals surface area (Å²) in [5, 5.41) is 0. The molecule has 0 radical (unpaired) electrons. The summed E-state index contributed by atoms with van der Waals surface area (Å²) in [4.78, 5) is 0. The smallest absolute Gasteiger partial charge is 1.00 e. The minimum atomic E-state index is 0. The third kappa shape index (κ3) is 7.80. The summed E-state index contributed by atoms with van der Waals surface area (Å²) in [5.74, 6) is 3.18. The van der Waals surface area contributed by atoms with E-state index < -0.39 is 0 Å². The van der Waals surface area contributed by atoms with Crippen LogP contribution in [0.2, 0.25) is 0 Å². The quantitative estimate of drug-likeness (QED) is 0.329. The fourth-order valence-electron chi connectivity index (χ4n) is 8.58. The van der Waals surface area contributed by atoms with E-state index in [4.69, 9.17) is 0 Å². The van der Waals surface area contributed by atoms with Gasteiger partial charge in [-0.15, -0.1) is 5.56 Å². The summed E-state index contributed by atoms with van der Waals surface area (Å²) < 4.78 is 1.51. The standard InChI is InChI=1S/C21H25.C16H21.C3H6.2ClH.Zr/c1-20(2,3)16-9-7-14-11-15-8-10-17(21(4,5)6)13-19(15)18(14)12-16;1-15(4-2-3-5-15)16-9-12-6-13(10-16)8-14(7-12)11-16;1-3-2;;;/h7,9-10,12-13H,11H2,1-6H3;2,4-5,12-14H,6-11H2,1H3;1-2H3;2*1H;/q2*-1;;;;+2/p-2. The average Bonchev–Trinajstić information content (AvgIpc) is 3.46. The fourth-order valence-corrected chi connectivity index (χ4v) is 8.58. The minimum absolute atomic E-state index is 0. The van der Waals surface area contributed by atoms with E-state index >= 15 is 0 Å². The van der Waals surface area contributed by atoms with E-state index in [-0.39, 0.29) is 35.6 Å². The number of hydrogen-bond donors (Lipinski definition) is 0. The summed E-state index contributed by atoms with van der Waals surface area (Å²) in [6, 6.07) is 15.1. The van der Waals surface area contributed by atoms with Crippen molar-refractivity contribution in [3.8, 4) is 11.1 Å². The molecule has 0 nitrogen and oxygen atoms in total. The molecule has 4 fully saturated rings. The number of hydrogen-bond acceptors (Lipinski definition) is 0. The zero-order valence-corrected chi connectivity index (χ0v) is 32.0. The maximum absolute atomic E-state index is 3.53. The zero-order valence-electron chi connectivity index (χ0n) is 28.1. The second kappa shape index (κ2) is 13.5. The van der Waals surface area contributed by atoms with Crippen molar-refractivity contribution in [3.05, 3.63) is 83.0 Å². The SMILES string of the molecule is CC(C)(C)c1c[c-]c2c(c1)-c1cc(C(C)(C)C)ccc1C2.CC1(C23CC4CC(CC(C4)C2)C3)C=[C-]C=C1.C[C](C)=[Zr+2].[Cl-].[Cl-]. The minimum Gasteiger partial charge on any atom is -1.00 e. The van der Waals surface area contributed by atoms with E-state index in [1.807, 2.05) is 0 Å². The molecule has 1 atom stereocenters. The first kappa shape index (κ1) is 36.7. The average molecular weight is 695 g/mol. The van der Waals surface area contributed by atoms with Crippen LogP contribution in [0.5, 0.6) is 0 Å². The van der Waals surface area contributed by atoms with Gasteiger partial charge in [-0.25, -0.2) is 12.2 Å². The normalized spacial score (nSPS) is 28.9. The molecule has 0 N–H and O–H groups in total. The van der Waals surface area contributed by atoms with Crippen molar-refractivity contribution in [2.75, 3.05) is 0 Å². The van der Waals surface area contributed by atoms with Crippen LogP contribution in [0.4, 0.5) is 0 Å². The largest absolute Gasteiger partial charge is 1.00 e. The van der Waals surface area contributed by atoms with E-state index in [9.17, 15) is 0 Å². The molecule has 8 rings (SSSR count). The molecule has 6 aliphatic carbocycles. The van der Waals surface area contributed by atoms with Crippen LogP contribution in [0.1, 0.15) is 123 Å². The van der Waals surface area contributed by atoms with E-state index in [0.29, 0.717) is 10.8 Å². The maximum Gasteiger partial charge on any atom is -1.00 e. The molecule has 1 unspecified atom stereocenters. The molecular formula is C40H52Cl2Zr-2. The Morgan fingerprint density at radius 3 is 1.79 bits per heavy atom. The van der Waals surface area contributed by atoms with Gasteiger partial charge in [0.25, 0.3) is 0 Å². The Morgan fingerprint density at radius 1 is 0.814 bits per heavy atom. The first-order valence-corrected chi connectivity index (χ1v) is 17.3. The second-order valence-corrected chi connectivity index (χ2v) is 18.9. The van der Waals surface area contributed by atoms with Crippen LogP contribution in [-0.4, -0.2) is 3.21 Å². The first-order valence-electron chi connectivity index (χ1n) is 16.1. The molecule has 0 saturated heterocycles. The van der Waals surface area contributed by atoms with Crippen LogP contribution >= 0.6 is 0 Å². The molecule has 0 aliphatic heterocycles. The van der Waals surface area contributed by atoms with Crippen molar-refractivity contribution in [1.29, 1.82) is 0 Å². The molecule has 4 saturated carbocycles. The van der Waals surface area contributed by atoms with Gasteiger partial charge in [0.2, 0.25) is 0 Å². The van der Waals surface area contributed by atoms with Gasteiger partial charge in [0, 0.05) is 0 Å². The molecule has 3 heteroatoms. The molecular weight excluding hydrogens is 643 g/mol. The van der Waals surface area contributed by atoms with E-state index in [1.165, 1.54) is 55.8 Å². The van der Waals surface area contributed by atoms with Crippen LogP contribution in [0, 0.1) is 40.7 Å². The number of halogens is 2. The molecule has 4 bridgehead atoms. The molecule has 6 aliphatic rings. The second-order valence-electron chi connectivity index (χ2n) is 16.5. The van der Waals surface area contributed by atoms with Gasteiger partial charge < -0.3 is 24.8 Å². The molecule has 43 heavy (non-hydrogen) atoms. The summed E-state index contributed by atoms with van der Waals surface area (Å²) in [6.45, 7) is 20.3. The Balaban J connectivity index is 0.000000205. The Morgan fingerprint density at radius 2 is 1.33 bits per heavy atom.